The highest BCUT2D eigenvalue weighted by Crippen LogP contribution is 2.59. The lowest BCUT2D eigenvalue weighted by Crippen LogP contribution is -2.26. The summed E-state index contributed by atoms with van der Waals surface area (Å²) in [6.07, 6.45) is 4.39. The lowest BCUT2D eigenvalue weighted by atomic mass is 9.84. The number of imide groups is 1. The normalized spacial score (nSPS) is 30.6. The number of esters is 1. The molecule has 1 fully saturated rings. The van der Waals surface area contributed by atoms with Crippen molar-refractivity contribution in [2.75, 3.05) is 6.61 Å². The summed E-state index contributed by atoms with van der Waals surface area (Å²) in [5, 5.41) is 2.35. The Morgan fingerprint density at radius 1 is 1.29 bits per heavy atom. The van der Waals surface area contributed by atoms with Crippen molar-refractivity contribution in [1.29, 1.82) is 0 Å². The highest BCUT2D eigenvalue weighted by atomic mass is 16.5. The molecule has 3 atom stereocenters. The predicted octanol–water partition coefficient (Wildman–Crippen LogP) is 2.52. The number of nitrogens with one attached hydrogen (secondary N) is 1. The van der Waals surface area contributed by atoms with Crippen molar-refractivity contribution in [2.24, 2.45) is 23.2 Å². The van der Waals surface area contributed by atoms with Crippen LogP contribution in [0.3, 0.4) is 0 Å². The van der Waals surface area contributed by atoms with Crippen LogP contribution in [-0.4, -0.2) is 24.4 Å². The molecule has 5 heteroatoms. The van der Waals surface area contributed by atoms with Gasteiger partial charge in [0.25, 0.3) is 11.8 Å². The largest absolute Gasteiger partial charge is 0.465 e. The Balaban J connectivity index is 1.64. The second-order valence-electron chi connectivity index (χ2n) is 7.96. The summed E-state index contributed by atoms with van der Waals surface area (Å²) in [4.78, 5) is 36.2. The van der Waals surface area contributed by atoms with E-state index in [0.717, 1.165) is 12.8 Å². The minimum Gasteiger partial charge on any atom is -0.465 e. The summed E-state index contributed by atoms with van der Waals surface area (Å²) in [5.41, 5.74) is 2.24. The second kappa shape index (κ2) is 5.87. The van der Waals surface area contributed by atoms with Crippen molar-refractivity contribution in [2.45, 2.75) is 47.0 Å². The maximum absolute atomic E-state index is 12.5. The number of carbonyl (C=O) groups is 3. The molecule has 1 heterocycles. The monoisotopic (exact) mass is 331 g/mol. The molecule has 0 spiro atoms. The molecule has 0 bridgehead atoms. The van der Waals surface area contributed by atoms with Crippen LogP contribution in [0.25, 0.3) is 0 Å². The first-order valence-corrected chi connectivity index (χ1v) is 8.64. The number of ether oxygens (including phenoxy) is 1. The van der Waals surface area contributed by atoms with Gasteiger partial charge >= 0.3 is 5.97 Å². The Morgan fingerprint density at radius 2 is 2.00 bits per heavy atom. The van der Waals surface area contributed by atoms with E-state index in [0.29, 0.717) is 17.6 Å². The molecule has 1 aliphatic heterocycles. The molecular weight excluding hydrogens is 306 g/mol. The van der Waals surface area contributed by atoms with Crippen LogP contribution in [0.2, 0.25) is 0 Å². The Morgan fingerprint density at radius 3 is 2.67 bits per heavy atom. The van der Waals surface area contributed by atoms with E-state index in [1.54, 1.807) is 0 Å². The van der Waals surface area contributed by atoms with Gasteiger partial charge in [0.1, 0.15) is 0 Å². The second-order valence-corrected chi connectivity index (χ2v) is 7.96. The number of amides is 2. The van der Waals surface area contributed by atoms with E-state index in [4.69, 9.17) is 4.74 Å². The minimum absolute atomic E-state index is 0.0773. The van der Waals surface area contributed by atoms with Gasteiger partial charge < -0.3 is 4.74 Å². The summed E-state index contributed by atoms with van der Waals surface area (Å²) >= 11 is 0. The first kappa shape index (κ1) is 16.9. The summed E-state index contributed by atoms with van der Waals surface area (Å²) in [7, 11) is 0. The molecule has 5 nitrogen and oxygen atoms in total. The van der Waals surface area contributed by atoms with E-state index >= 15 is 0 Å². The number of hydrogen-bond donors (Lipinski definition) is 1. The van der Waals surface area contributed by atoms with Crippen LogP contribution in [0.5, 0.6) is 0 Å². The molecule has 0 radical (unpaired) electrons. The van der Waals surface area contributed by atoms with Gasteiger partial charge in [0.2, 0.25) is 0 Å². The fourth-order valence-electron chi connectivity index (χ4n) is 4.09. The van der Waals surface area contributed by atoms with Crippen LogP contribution in [0.4, 0.5) is 0 Å². The molecule has 3 unspecified atom stereocenters. The summed E-state index contributed by atoms with van der Waals surface area (Å²) in [6, 6.07) is 0. The number of carbonyl (C=O) groups excluding carboxylic acids is 3. The standard InChI is InChI=1S/C19H25NO4/c1-10(2)8-13-15(19(13,3)4)18(23)24-9-11-6-5-7-12-14(11)17(22)20-16(12)21/h8,11,13,15H,5-7,9H2,1-4H3,(H,20,21,22). The molecule has 130 valence electrons. The predicted molar refractivity (Wildman–Crippen MR) is 88.7 cm³/mol. The molecule has 1 N–H and O–H groups in total. The van der Waals surface area contributed by atoms with Crippen molar-refractivity contribution in [3.8, 4) is 0 Å². The zero-order valence-corrected chi connectivity index (χ0v) is 14.8. The smallest absolute Gasteiger partial charge is 0.310 e. The van der Waals surface area contributed by atoms with Gasteiger partial charge in [-0.3, -0.25) is 19.7 Å². The molecular formula is C19H25NO4. The highest BCUT2D eigenvalue weighted by Gasteiger charge is 2.61. The average molecular weight is 331 g/mol. The lowest BCUT2D eigenvalue weighted by Gasteiger charge is -2.22. The minimum atomic E-state index is -0.315. The van der Waals surface area contributed by atoms with Gasteiger partial charge in [-0.2, -0.15) is 0 Å². The van der Waals surface area contributed by atoms with E-state index < -0.39 is 0 Å². The topological polar surface area (TPSA) is 72.5 Å². The van der Waals surface area contributed by atoms with Gasteiger partial charge in [0.15, 0.2) is 0 Å². The third-order valence-electron chi connectivity index (χ3n) is 5.56. The van der Waals surface area contributed by atoms with Crippen molar-refractivity contribution in [1.82, 2.24) is 5.32 Å². The molecule has 24 heavy (non-hydrogen) atoms. The maximum Gasteiger partial charge on any atom is 0.310 e. The van der Waals surface area contributed by atoms with Crippen molar-refractivity contribution < 1.29 is 19.1 Å². The SMILES string of the molecule is CC(C)=CC1C(C(=O)OCC2CCCC3=C2C(=O)NC3=O)C1(C)C. The van der Waals surface area contributed by atoms with Crippen LogP contribution in [0.1, 0.15) is 47.0 Å². The Labute approximate surface area is 142 Å². The quantitative estimate of drug-likeness (QED) is 0.488. The van der Waals surface area contributed by atoms with E-state index in [1.165, 1.54) is 5.57 Å². The molecule has 0 aromatic rings. The third kappa shape index (κ3) is 2.80. The van der Waals surface area contributed by atoms with Crippen molar-refractivity contribution in [3.05, 3.63) is 22.8 Å². The molecule has 0 aromatic carbocycles. The van der Waals surface area contributed by atoms with E-state index in [-0.39, 0.29) is 47.6 Å². The van der Waals surface area contributed by atoms with Crippen molar-refractivity contribution in [3.63, 3.8) is 0 Å². The molecule has 0 saturated heterocycles. The van der Waals surface area contributed by atoms with E-state index in [2.05, 4.69) is 25.2 Å². The Kier molecular flexibility index (Phi) is 4.14. The zero-order valence-electron chi connectivity index (χ0n) is 14.8. The average Bonchev–Trinajstić information content (AvgIpc) is 2.88. The molecule has 2 amide bonds. The van der Waals surface area contributed by atoms with Gasteiger partial charge in [0, 0.05) is 17.1 Å². The first-order valence-electron chi connectivity index (χ1n) is 8.64. The van der Waals surface area contributed by atoms with Gasteiger partial charge in [-0.25, -0.2) is 0 Å². The van der Waals surface area contributed by atoms with Crippen LogP contribution in [0, 0.1) is 23.2 Å². The summed E-state index contributed by atoms with van der Waals surface area (Å²) in [6.45, 7) is 8.40. The number of allylic oxidation sites excluding steroid dienone is 2. The van der Waals surface area contributed by atoms with Gasteiger partial charge in [-0.05, 0) is 44.4 Å². The van der Waals surface area contributed by atoms with Crippen molar-refractivity contribution >= 4 is 17.8 Å². The first-order chi connectivity index (χ1) is 11.2. The number of rotatable bonds is 4. The zero-order chi connectivity index (χ0) is 17.6. The Hall–Kier alpha value is -1.91. The number of hydrogen-bond acceptors (Lipinski definition) is 4. The van der Waals surface area contributed by atoms with Crippen LogP contribution < -0.4 is 5.32 Å². The highest BCUT2D eigenvalue weighted by molar-refractivity contribution is 6.19. The molecule has 0 aromatic heterocycles. The molecule has 2 aliphatic carbocycles. The molecule has 3 rings (SSSR count). The van der Waals surface area contributed by atoms with Gasteiger partial charge in [0.05, 0.1) is 12.5 Å². The summed E-state index contributed by atoms with van der Waals surface area (Å²) in [5.74, 6) is -0.855. The molecule has 3 aliphatic rings. The molecule has 1 saturated carbocycles. The van der Waals surface area contributed by atoms with E-state index in [9.17, 15) is 14.4 Å². The fourth-order valence-corrected chi connectivity index (χ4v) is 4.09. The summed E-state index contributed by atoms with van der Waals surface area (Å²) < 4.78 is 5.55. The van der Waals surface area contributed by atoms with Crippen LogP contribution in [-0.2, 0) is 19.1 Å². The van der Waals surface area contributed by atoms with Gasteiger partial charge in [-0.1, -0.05) is 25.5 Å². The lowest BCUT2D eigenvalue weighted by molar-refractivity contribution is -0.147. The fraction of sp³-hybridized carbons (Fsp3) is 0.632. The Bertz CT molecular complexity index is 667. The maximum atomic E-state index is 12.5. The third-order valence-corrected chi connectivity index (χ3v) is 5.56. The van der Waals surface area contributed by atoms with E-state index in [1.807, 2.05) is 13.8 Å². The van der Waals surface area contributed by atoms with Crippen LogP contribution in [0.15, 0.2) is 22.8 Å². The van der Waals surface area contributed by atoms with Crippen LogP contribution >= 0.6 is 0 Å². The van der Waals surface area contributed by atoms with Gasteiger partial charge in [-0.15, -0.1) is 0 Å².